The zero-order chi connectivity index (χ0) is 18.8. The highest BCUT2D eigenvalue weighted by Gasteiger charge is 2.41. The van der Waals surface area contributed by atoms with E-state index in [0.717, 1.165) is 12.5 Å². The summed E-state index contributed by atoms with van der Waals surface area (Å²) >= 11 is 0. The first-order valence-electron chi connectivity index (χ1n) is 9.47. The molecule has 1 spiro atoms. The van der Waals surface area contributed by atoms with Crippen molar-refractivity contribution in [2.45, 2.75) is 75.4 Å². The number of fused-ring (bicyclic) bond motifs is 1. The van der Waals surface area contributed by atoms with Gasteiger partial charge >= 0.3 is 12.1 Å². The van der Waals surface area contributed by atoms with Crippen molar-refractivity contribution in [1.82, 2.24) is 5.32 Å². The Balaban J connectivity index is 0.000000242. The molecule has 4 rings (SSSR count). The van der Waals surface area contributed by atoms with Gasteiger partial charge in [0.05, 0.1) is 0 Å². The highest BCUT2D eigenvalue weighted by atomic mass is 19.4. The van der Waals surface area contributed by atoms with Crippen LogP contribution in [0, 0.1) is 0 Å². The molecule has 6 heteroatoms. The van der Waals surface area contributed by atoms with Crippen LogP contribution in [0.5, 0.6) is 0 Å². The molecule has 144 valence electrons. The Morgan fingerprint density at radius 1 is 1.12 bits per heavy atom. The SMILES string of the molecule is O=C(O)C(F)(F)F.c1cc2c3c(c1)C1(CCCCC1)CCC3CCNC2. The van der Waals surface area contributed by atoms with Gasteiger partial charge in [-0.3, -0.25) is 0 Å². The third-order valence-electron chi connectivity index (χ3n) is 6.19. The first-order chi connectivity index (χ1) is 12.3. The molecule has 1 saturated carbocycles. The van der Waals surface area contributed by atoms with Gasteiger partial charge in [-0.2, -0.15) is 13.2 Å². The fourth-order valence-corrected chi connectivity index (χ4v) is 4.98. The van der Waals surface area contributed by atoms with Gasteiger partial charge in [0.2, 0.25) is 0 Å². The summed E-state index contributed by atoms with van der Waals surface area (Å²) in [7, 11) is 0. The summed E-state index contributed by atoms with van der Waals surface area (Å²) in [6, 6.07) is 7.16. The highest BCUT2D eigenvalue weighted by Crippen LogP contribution is 2.52. The van der Waals surface area contributed by atoms with Gasteiger partial charge in [-0.15, -0.1) is 0 Å². The van der Waals surface area contributed by atoms with E-state index in [-0.39, 0.29) is 0 Å². The summed E-state index contributed by atoms with van der Waals surface area (Å²) in [5, 5.41) is 10.7. The van der Waals surface area contributed by atoms with Crippen LogP contribution in [0.25, 0.3) is 0 Å². The minimum atomic E-state index is -5.08. The molecule has 0 aromatic heterocycles. The Labute approximate surface area is 152 Å². The van der Waals surface area contributed by atoms with Crippen molar-refractivity contribution in [3.63, 3.8) is 0 Å². The van der Waals surface area contributed by atoms with Gasteiger partial charge in [-0.1, -0.05) is 37.5 Å². The molecule has 0 radical (unpaired) electrons. The first-order valence-corrected chi connectivity index (χ1v) is 9.47. The van der Waals surface area contributed by atoms with E-state index in [9.17, 15) is 13.2 Å². The number of alkyl halides is 3. The number of benzene rings is 1. The number of carbonyl (C=O) groups is 1. The average Bonchev–Trinajstić information content (AvgIpc) is 2.82. The predicted octanol–water partition coefficient (Wildman–Crippen LogP) is 4.89. The Morgan fingerprint density at radius 3 is 2.46 bits per heavy atom. The summed E-state index contributed by atoms with van der Waals surface area (Å²) in [6.45, 7) is 2.29. The molecule has 2 N–H and O–H groups in total. The maximum Gasteiger partial charge on any atom is 0.490 e. The molecule has 3 aliphatic rings. The number of hydrogen-bond acceptors (Lipinski definition) is 2. The molecule has 1 aliphatic heterocycles. The van der Waals surface area contributed by atoms with Gasteiger partial charge in [0, 0.05) is 6.54 Å². The van der Waals surface area contributed by atoms with Crippen molar-refractivity contribution >= 4 is 5.97 Å². The second-order valence-corrected chi connectivity index (χ2v) is 7.72. The van der Waals surface area contributed by atoms with E-state index in [1.807, 2.05) is 0 Å². The second-order valence-electron chi connectivity index (χ2n) is 7.72. The topological polar surface area (TPSA) is 49.3 Å². The van der Waals surface area contributed by atoms with Gasteiger partial charge < -0.3 is 10.4 Å². The zero-order valence-corrected chi connectivity index (χ0v) is 14.9. The highest BCUT2D eigenvalue weighted by molar-refractivity contribution is 5.73. The molecule has 0 bridgehead atoms. The smallest absolute Gasteiger partial charge is 0.475 e. The van der Waals surface area contributed by atoms with Crippen molar-refractivity contribution in [3.8, 4) is 0 Å². The lowest BCUT2D eigenvalue weighted by molar-refractivity contribution is -0.192. The molecule has 0 saturated heterocycles. The lowest BCUT2D eigenvalue weighted by atomic mass is 9.59. The molecule has 1 heterocycles. The van der Waals surface area contributed by atoms with Gasteiger partial charge in [0.25, 0.3) is 0 Å². The van der Waals surface area contributed by atoms with Crippen LogP contribution < -0.4 is 5.32 Å². The summed E-state index contributed by atoms with van der Waals surface area (Å²) in [5.74, 6) is -1.92. The Morgan fingerprint density at radius 2 is 1.81 bits per heavy atom. The summed E-state index contributed by atoms with van der Waals surface area (Å²) in [5.41, 5.74) is 5.68. The summed E-state index contributed by atoms with van der Waals surface area (Å²) in [6.07, 6.45) is 6.41. The van der Waals surface area contributed by atoms with Crippen molar-refractivity contribution in [1.29, 1.82) is 0 Å². The number of hydrogen-bond donors (Lipinski definition) is 2. The Kier molecular flexibility index (Phi) is 5.61. The van der Waals surface area contributed by atoms with E-state index in [4.69, 9.17) is 9.90 Å². The van der Waals surface area contributed by atoms with Gasteiger partial charge in [0.15, 0.2) is 0 Å². The molecule has 1 atom stereocenters. The number of rotatable bonds is 0. The predicted molar refractivity (Wildman–Crippen MR) is 93.2 cm³/mol. The van der Waals surface area contributed by atoms with Crippen LogP contribution in [0.4, 0.5) is 13.2 Å². The van der Waals surface area contributed by atoms with Crippen LogP contribution in [0.2, 0.25) is 0 Å². The summed E-state index contributed by atoms with van der Waals surface area (Å²) in [4.78, 5) is 8.90. The molecule has 1 aromatic carbocycles. The molecule has 1 unspecified atom stereocenters. The van der Waals surface area contributed by atoms with Crippen molar-refractivity contribution < 1.29 is 23.1 Å². The quantitative estimate of drug-likeness (QED) is 0.684. The monoisotopic (exact) mass is 369 g/mol. The van der Waals surface area contributed by atoms with Crippen LogP contribution in [-0.4, -0.2) is 23.8 Å². The fourth-order valence-electron chi connectivity index (χ4n) is 4.98. The Bertz CT molecular complexity index is 651. The third kappa shape index (κ3) is 3.90. The number of carboxylic acids is 1. The maximum absolute atomic E-state index is 10.6. The number of nitrogens with one attached hydrogen (secondary N) is 1. The molecule has 0 amide bonds. The van der Waals surface area contributed by atoms with Crippen LogP contribution in [-0.2, 0) is 16.8 Å². The van der Waals surface area contributed by atoms with Gasteiger partial charge in [-0.05, 0) is 66.7 Å². The molecular weight excluding hydrogens is 343 g/mol. The van der Waals surface area contributed by atoms with Gasteiger partial charge in [-0.25, -0.2) is 4.79 Å². The lowest BCUT2D eigenvalue weighted by Gasteiger charge is -2.45. The fraction of sp³-hybridized carbons (Fsp3) is 0.650. The molecule has 1 aromatic rings. The third-order valence-corrected chi connectivity index (χ3v) is 6.19. The van der Waals surface area contributed by atoms with E-state index in [1.165, 1.54) is 57.9 Å². The zero-order valence-electron chi connectivity index (χ0n) is 14.9. The van der Waals surface area contributed by atoms with Crippen molar-refractivity contribution in [3.05, 3.63) is 34.9 Å². The van der Waals surface area contributed by atoms with E-state index in [0.29, 0.717) is 5.41 Å². The Hall–Kier alpha value is -1.56. The summed E-state index contributed by atoms with van der Waals surface area (Å²) < 4.78 is 31.7. The van der Waals surface area contributed by atoms with Gasteiger partial charge in [0.1, 0.15) is 0 Å². The van der Waals surface area contributed by atoms with Crippen molar-refractivity contribution in [2.24, 2.45) is 0 Å². The number of halogens is 3. The molecular formula is C20H26F3NO2. The molecule has 3 nitrogen and oxygen atoms in total. The van der Waals surface area contributed by atoms with E-state index in [2.05, 4.69) is 23.5 Å². The minimum absolute atomic E-state index is 0.560. The second kappa shape index (κ2) is 7.59. The van der Waals surface area contributed by atoms with E-state index >= 15 is 0 Å². The van der Waals surface area contributed by atoms with E-state index in [1.54, 1.807) is 16.7 Å². The number of carboxylic acid groups (broad SMARTS) is 1. The minimum Gasteiger partial charge on any atom is -0.475 e. The maximum atomic E-state index is 10.6. The van der Waals surface area contributed by atoms with E-state index < -0.39 is 12.1 Å². The molecule has 1 fully saturated rings. The average molecular weight is 369 g/mol. The largest absolute Gasteiger partial charge is 0.490 e. The number of aliphatic carboxylic acids is 1. The van der Waals surface area contributed by atoms with Crippen LogP contribution in [0.1, 0.15) is 74.0 Å². The molecule has 26 heavy (non-hydrogen) atoms. The van der Waals surface area contributed by atoms with Crippen molar-refractivity contribution in [2.75, 3.05) is 6.54 Å². The standard InChI is InChI=1S/C18H25N.C2HF3O2/c1-2-9-18(10-3-1)11-7-14-8-12-19-13-15-5-4-6-16(18)17(14)15;3-2(4,5)1(6)7/h4-6,14,19H,1-3,7-13H2;(H,6,7). The first kappa shape index (κ1) is 19.2. The van der Waals surface area contributed by atoms with Crippen LogP contribution >= 0.6 is 0 Å². The molecule has 2 aliphatic carbocycles. The van der Waals surface area contributed by atoms with Crippen LogP contribution in [0.15, 0.2) is 18.2 Å². The van der Waals surface area contributed by atoms with Crippen LogP contribution in [0.3, 0.4) is 0 Å². The lowest BCUT2D eigenvalue weighted by Crippen LogP contribution is -2.35. The normalized spacial score (nSPS) is 24.0.